The Morgan fingerprint density at radius 3 is 2.62 bits per heavy atom. The van der Waals surface area contributed by atoms with Crippen LogP contribution < -0.4 is 4.72 Å². The zero-order valence-electron chi connectivity index (χ0n) is 12.8. The lowest BCUT2D eigenvalue weighted by molar-refractivity contribution is -0.145. The first kappa shape index (κ1) is 17.8. The first-order valence-electron chi connectivity index (χ1n) is 6.83. The third-order valence-electron chi connectivity index (χ3n) is 2.71. The van der Waals surface area contributed by atoms with E-state index in [1.54, 1.807) is 39.8 Å². The SMILES string of the molecule is CCOC(=O)C(Cc1cccc(F)c1)N[S@@](=O)C(C)(C)C. The molecular weight excluding hydrogens is 293 g/mol. The maximum Gasteiger partial charge on any atom is 0.324 e. The molecule has 1 rings (SSSR count). The summed E-state index contributed by atoms with van der Waals surface area (Å²) in [6.07, 6.45) is 0.221. The van der Waals surface area contributed by atoms with Crippen molar-refractivity contribution in [1.82, 2.24) is 4.72 Å². The van der Waals surface area contributed by atoms with Gasteiger partial charge < -0.3 is 4.74 Å². The Kier molecular flexibility index (Phi) is 6.48. The molecule has 0 saturated carbocycles. The minimum absolute atomic E-state index is 0.221. The lowest BCUT2D eigenvalue weighted by Crippen LogP contribution is -2.45. The minimum Gasteiger partial charge on any atom is -0.465 e. The minimum atomic E-state index is -1.42. The third-order valence-corrected chi connectivity index (χ3v) is 4.32. The van der Waals surface area contributed by atoms with E-state index in [0.717, 1.165) is 0 Å². The third kappa shape index (κ3) is 5.93. The summed E-state index contributed by atoms with van der Waals surface area (Å²) in [6.45, 7) is 7.36. The average molecular weight is 315 g/mol. The number of hydrogen-bond acceptors (Lipinski definition) is 3. The van der Waals surface area contributed by atoms with Crippen molar-refractivity contribution in [2.24, 2.45) is 0 Å². The molecule has 0 radical (unpaired) electrons. The highest BCUT2D eigenvalue weighted by molar-refractivity contribution is 7.84. The van der Waals surface area contributed by atoms with Gasteiger partial charge in [0.25, 0.3) is 0 Å². The molecule has 0 bridgehead atoms. The molecule has 6 heteroatoms. The van der Waals surface area contributed by atoms with Gasteiger partial charge in [0.15, 0.2) is 0 Å². The van der Waals surface area contributed by atoms with Gasteiger partial charge in [0.1, 0.15) is 11.9 Å². The van der Waals surface area contributed by atoms with E-state index in [1.807, 2.05) is 0 Å². The van der Waals surface area contributed by atoms with Crippen molar-refractivity contribution in [3.8, 4) is 0 Å². The van der Waals surface area contributed by atoms with Crippen LogP contribution in [-0.4, -0.2) is 27.6 Å². The van der Waals surface area contributed by atoms with Crippen LogP contribution in [0.4, 0.5) is 4.39 Å². The molecule has 0 amide bonds. The highest BCUT2D eigenvalue weighted by Gasteiger charge is 2.27. The molecule has 0 heterocycles. The number of halogens is 1. The largest absolute Gasteiger partial charge is 0.465 e. The van der Waals surface area contributed by atoms with Gasteiger partial charge in [-0.1, -0.05) is 12.1 Å². The van der Waals surface area contributed by atoms with Crippen LogP contribution >= 0.6 is 0 Å². The molecule has 2 atom stereocenters. The summed E-state index contributed by atoms with van der Waals surface area (Å²) in [5, 5.41) is 0. The van der Waals surface area contributed by atoms with E-state index in [-0.39, 0.29) is 18.8 Å². The summed E-state index contributed by atoms with van der Waals surface area (Å²) < 4.78 is 32.6. The Morgan fingerprint density at radius 2 is 2.10 bits per heavy atom. The molecule has 1 aromatic rings. The summed E-state index contributed by atoms with van der Waals surface area (Å²) in [6, 6.07) is 5.22. The van der Waals surface area contributed by atoms with Crippen LogP contribution in [0.25, 0.3) is 0 Å². The van der Waals surface area contributed by atoms with Crippen LogP contribution in [0.15, 0.2) is 24.3 Å². The number of esters is 1. The maximum atomic E-state index is 13.2. The van der Waals surface area contributed by atoms with Crippen LogP contribution in [-0.2, 0) is 26.9 Å². The molecule has 0 fully saturated rings. The summed E-state index contributed by atoms with van der Waals surface area (Å²) in [5.74, 6) is -0.855. The van der Waals surface area contributed by atoms with Gasteiger partial charge in [0, 0.05) is 0 Å². The van der Waals surface area contributed by atoms with Crippen LogP contribution in [0.3, 0.4) is 0 Å². The lowest BCUT2D eigenvalue weighted by atomic mass is 10.1. The lowest BCUT2D eigenvalue weighted by Gasteiger charge is -2.23. The van der Waals surface area contributed by atoms with E-state index in [1.165, 1.54) is 12.1 Å². The quantitative estimate of drug-likeness (QED) is 0.820. The summed E-state index contributed by atoms with van der Waals surface area (Å²) in [5.41, 5.74) is 0.645. The first-order valence-corrected chi connectivity index (χ1v) is 7.98. The zero-order chi connectivity index (χ0) is 16.0. The Bertz CT molecular complexity index is 514. The van der Waals surface area contributed by atoms with Crippen molar-refractivity contribution >= 4 is 17.0 Å². The van der Waals surface area contributed by atoms with Gasteiger partial charge in [-0.05, 0) is 51.8 Å². The van der Waals surface area contributed by atoms with E-state index >= 15 is 0 Å². The molecule has 0 aromatic heterocycles. The fraction of sp³-hybridized carbons (Fsp3) is 0.533. The van der Waals surface area contributed by atoms with E-state index in [2.05, 4.69) is 4.72 Å². The molecule has 0 aliphatic carbocycles. The fourth-order valence-corrected chi connectivity index (χ4v) is 2.41. The second-order valence-electron chi connectivity index (χ2n) is 5.64. The predicted molar refractivity (Wildman–Crippen MR) is 81.6 cm³/mol. The predicted octanol–water partition coefficient (Wildman–Crippen LogP) is 2.35. The van der Waals surface area contributed by atoms with Gasteiger partial charge in [-0.15, -0.1) is 0 Å². The number of ether oxygens (including phenoxy) is 1. The highest BCUT2D eigenvalue weighted by atomic mass is 32.2. The molecule has 0 aliphatic heterocycles. The van der Waals surface area contributed by atoms with Gasteiger partial charge in [-0.25, -0.2) is 13.3 Å². The van der Waals surface area contributed by atoms with Crippen LogP contribution in [0.5, 0.6) is 0 Å². The van der Waals surface area contributed by atoms with Crippen molar-refractivity contribution in [1.29, 1.82) is 0 Å². The molecule has 4 nitrogen and oxygen atoms in total. The highest BCUT2D eigenvalue weighted by Crippen LogP contribution is 2.13. The van der Waals surface area contributed by atoms with Gasteiger partial charge in [0.05, 0.1) is 22.3 Å². The summed E-state index contributed by atoms with van der Waals surface area (Å²) >= 11 is 0. The smallest absolute Gasteiger partial charge is 0.324 e. The van der Waals surface area contributed by atoms with Gasteiger partial charge in [0.2, 0.25) is 0 Å². The van der Waals surface area contributed by atoms with Crippen LogP contribution in [0, 0.1) is 5.82 Å². The Balaban J connectivity index is 2.87. The summed E-state index contributed by atoms with van der Waals surface area (Å²) in [4.78, 5) is 12.0. The molecule has 0 aliphatic rings. The number of rotatable bonds is 6. The Hall–Kier alpha value is -1.27. The van der Waals surface area contributed by atoms with Crippen molar-refractivity contribution in [3.63, 3.8) is 0 Å². The van der Waals surface area contributed by atoms with Crippen molar-refractivity contribution in [3.05, 3.63) is 35.6 Å². The molecule has 1 unspecified atom stereocenters. The molecule has 0 saturated heterocycles. The molecule has 118 valence electrons. The monoisotopic (exact) mass is 315 g/mol. The summed E-state index contributed by atoms with van der Waals surface area (Å²) in [7, 11) is -1.42. The van der Waals surface area contributed by atoms with Gasteiger partial charge >= 0.3 is 5.97 Å². The molecule has 0 spiro atoms. The molecule has 1 aromatic carbocycles. The number of nitrogens with one attached hydrogen (secondary N) is 1. The van der Waals surface area contributed by atoms with E-state index in [0.29, 0.717) is 5.56 Å². The van der Waals surface area contributed by atoms with Gasteiger partial charge in [-0.3, -0.25) is 4.79 Å². The van der Waals surface area contributed by atoms with Crippen LogP contribution in [0.2, 0.25) is 0 Å². The molecular formula is C15H22FNO3S. The fourth-order valence-electron chi connectivity index (χ4n) is 1.62. The topological polar surface area (TPSA) is 55.4 Å². The van der Waals surface area contributed by atoms with Gasteiger partial charge in [-0.2, -0.15) is 0 Å². The van der Waals surface area contributed by atoms with Crippen LogP contribution in [0.1, 0.15) is 33.3 Å². The first-order chi connectivity index (χ1) is 9.74. The normalized spacial score (nSPS) is 14.5. The zero-order valence-corrected chi connectivity index (χ0v) is 13.6. The number of carbonyl (C=O) groups is 1. The average Bonchev–Trinajstić information content (AvgIpc) is 2.37. The second-order valence-corrected chi connectivity index (χ2v) is 7.64. The standard InChI is InChI=1S/C15H22FNO3S/c1-5-20-14(18)13(17-21(19)15(2,3)4)10-11-7-6-8-12(16)9-11/h6-9,13,17H,5,10H2,1-4H3/t13?,21-/m0/s1. The van der Waals surface area contributed by atoms with E-state index < -0.39 is 27.7 Å². The Labute approximate surface area is 127 Å². The molecule has 1 N–H and O–H groups in total. The Morgan fingerprint density at radius 1 is 1.43 bits per heavy atom. The van der Waals surface area contributed by atoms with E-state index in [9.17, 15) is 13.4 Å². The maximum absolute atomic E-state index is 13.2. The second kappa shape index (κ2) is 7.66. The molecule has 21 heavy (non-hydrogen) atoms. The number of carbonyl (C=O) groups excluding carboxylic acids is 1. The van der Waals surface area contributed by atoms with Crippen molar-refractivity contribution in [2.75, 3.05) is 6.61 Å². The van der Waals surface area contributed by atoms with Crippen molar-refractivity contribution < 1.29 is 18.1 Å². The number of hydrogen-bond donors (Lipinski definition) is 1. The van der Waals surface area contributed by atoms with Crippen molar-refractivity contribution in [2.45, 2.75) is 44.9 Å². The van der Waals surface area contributed by atoms with E-state index in [4.69, 9.17) is 4.74 Å². The number of benzene rings is 1.